The van der Waals surface area contributed by atoms with E-state index in [1.807, 2.05) is 12.1 Å². The monoisotopic (exact) mass is 236 g/mol. The summed E-state index contributed by atoms with van der Waals surface area (Å²) in [6, 6.07) is 6.51. The van der Waals surface area contributed by atoms with Gasteiger partial charge >= 0.3 is 0 Å². The highest BCUT2D eigenvalue weighted by molar-refractivity contribution is 5.77. The molecule has 1 heterocycles. The molecule has 0 aliphatic carbocycles. The highest BCUT2D eigenvalue weighted by atomic mass is 16.5. The van der Waals surface area contributed by atoms with E-state index in [1.165, 1.54) is 0 Å². The van der Waals surface area contributed by atoms with Crippen molar-refractivity contribution >= 4 is 11.4 Å². The van der Waals surface area contributed by atoms with E-state index in [1.54, 1.807) is 14.2 Å². The Balaban J connectivity index is 1.99. The van der Waals surface area contributed by atoms with Gasteiger partial charge in [-0.05, 0) is 25.0 Å². The first-order valence-corrected chi connectivity index (χ1v) is 6.01. The SMILES string of the molecule is COCCCC1CNc2c(cccc2OC)N1. The van der Waals surface area contributed by atoms with Gasteiger partial charge in [0.05, 0.1) is 12.8 Å². The largest absolute Gasteiger partial charge is 0.495 e. The van der Waals surface area contributed by atoms with Crippen molar-refractivity contribution in [2.75, 3.05) is 38.0 Å². The van der Waals surface area contributed by atoms with Gasteiger partial charge in [-0.1, -0.05) is 6.07 Å². The fraction of sp³-hybridized carbons (Fsp3) is 0.538. The number of methoxy groups -OCH3 is 2. The number of hydrogen-bond acceptors (Lipinski definition) is 4. The summed E-state index contributed by atoms with van der Waals surface area (Å²) in [6.07, 6.45) is 2.19. The fourth-order valence-corrected chi connectivity index (χ4v) is 2.15. The standard InChI is InChI=1S/C13H20N2O2/c1-16-8-4-5-10-9-14-13-11(15-10)6-3-7-12(13)17-2/h3,6-7,10,14-15H,4-5,8-9H2,1-2H3. The molecule has 0 saturated heterocycles. The van der Waals surface area contributed by atoms with Gasteiger partial charge in [-0.15, -0.1) is 0 Å². The van der Waals surface area contributed by atoms with Gasteiger partial charge in [0, 0.05) is 26.3 Å². The first-order chi connectivity index (χ1) is 8.35. The van der Waals surface area contributed by atoms with Crippen LogP contribution in [0.2, 0.25) is 0 Å². The molecule has 0 radical (unpaired) electrons. The van der Waals surface area contributed by atoms with Gasteiger partial charge in [-0.2, -0.15) is 0 Å². The van der Waals surface area contributed by atoms with Crippen molar-refractivity contribution in [3.8, 4) is 5.75 Å². The van der Waals surface area contributed by atoms with Crippen molar-refractivity contribution in [2.45, 2.75) is 18.9 Å². The Morgan fingerprint density at radius 3 is 3.00 bits per heavy atom. The number of ether oxygens (including phenoxy) is 2. The minimum atomic E-state index is 0.463. The number of benzene rings is 1. The van der Waals surface area contributed by atoms with Crippen molar-refractivity contribution in [3.05, 3.63) is 18.2 Å². The van der Waals surface area contributed by atoms with Gasteiger partial charge in [0.2, 0.25) is 0 Å². The van der Waals surface area contributed by atoms with E-state index in [4.69, 9.17) is 9.47 Å². The van der Waals surface area contributed by atoms with E-state index < -0.39 is 0 Å². The van der Waals surface area contributed by atoms with Crippen LogP contribution >= 0.6 is 0 Å². The molecule has 0 spiro atoms. The molecule has 4 nitrogen and oxygen atoms in total. The summed E-state index contributed by atoms with van der Waals surface area (Å²) in [5.41, 5.74) is 2.19. The molecule has 1 aliphatic heterocycles. The average molecular weight is 236 g/mol. The molecule has 0 amide bonds. The maximum absolute atomic E-state index is 5.32. The summed E-state index contributed by atoms with van der Waals surface area (Å²) >= 11 is 0. The molecule has 0 fully saturated rings. The average Bonchev–Trinajstić information content (AvgIpc) is 2.38. The van der Waals surface area contributed by atoms with Crippen LogP contribution in [0.3, 0.4) is 0 Å². The first kappa shape index (κ1) is 12.0. The first-order valence-electron chi connectivity index (χ1n) is 6.01. The predicted octanol–water partition coefficient (Wildman–Crippen LogP) is 2.33. The summed E-state index contributed by atoms with van der Waals surface area (Å²) in [5.74, 6) is 0.894. The Labute approximate surface area is 102 Å². The van der Waals surface area contributed by atoms with Gasteiger partial charge in [-0.3, -0.25) is 0 Å². The second-order valence-electron chi connectivity index (χ2n) is 4.24. The Bertz CT molecular complexity index is 368. The van der Waals surface area contributed by atoms with Crippen LogP contribution in [0, 0.1) is 0 Å². The number of para-hydroxylation sites is 1. The summed E-state index contributed by atoms with van der Waals surface area (Å²) in [5, 5.41) is 6.96. The molecule has 1 unspecified atom stereocenters. The maximum Gasteiger partial charge on any atom is 0.144 e. The molecule has 0 bridgehead atoms. The molecular weight excluding hydrogens is 216 g/mol. The van der Waals surface area contributed by atoms with Crippen molar-refractivity contribution < 1.29 is 9.47 Å². The number of nitrogens with one attached hydrogen (secondary N) is 2. The fourth-order valence-electron chi connectivity index (χ4n) is 2.15. The molecule has 2 N–H and O–H groups in total. The van der Waals surface area contributed by atoms with Gasteiger partial charge in [0.1, 0.15) is 11.4 Å². The van der Waals surface area contributed by atoms with Gasteiger partial charge in [-0.25, -0.2) is 0 Å². The number of anilines is 2. The van der Waals surface area contributed by atoms with Gasteiger partial charge in [0.25, 0.3) is 0 Å². The second kappa shape index (κ2) is 5.77. The molecule has 0 aromatic heterocycles. The molecule has 2 rings (SSSR count). The number of rotatable bonds is 5. The Morgan fingerprint density at radius 1 is 1.35 bits per heavy atom. The third kappa shape index (κ3) is 2.82. The zero-order valence-electron chi connectivity index (χ0n) is 10.5. The van der Waals surface area contributed by atoms with Gasteiger partial charge in [0.15, 0.2) is 0 Å². The minimum Gasteiger partial charge on any atom is -0.495 e. The number of fused-ring (bicyclic) bond motifs is 1. The Hall–Kier alpha value is -1.42. The Morgan fingerprint density at radius 2 is 2.24 bits per heavy atom. The highest BCUT2D eigenvalue weighted by Gasteiger charge is 2.19. The lowest BCUT2D eigenvalue weighted by molar-refractivity contribution is 0.191. The zero-order valence-corrected chi connectivity index (χ0v) is 10.5. The highest BCUT2D eigenvalue weighted by Crippen LogP contribution is 2.35. The molecule has 17 heavy (non-hydrogen) atoms. The molecule has 1 aliphatic rings. The van der Waals surface area contributed by atoms with E-state index in [9.17, 15) is 0 Å². The van der Waals surface area contributed by atoms with Crippen LogP contribution in [0.5, 0.6) is 5.75 Å². The third-order valence-corrected chi connectivity index (χ3v) is 3.03. The smallest absolute Gasteiger partial charge is 0.144 e. The van der Waals surface area contributed by atoms with Crippen molar-refractivity contribution in [3.63, 3.8) is 0 Å². The summed E-state index contributed by atoms with van der Waals surface area (Å²) in [4.78, 5) is 0. The van der Waals surface area contributed by atoms with Crippen LogP contribution in [-0.4, -0.2) is 33.4 Å². The van der Waals surface area contributed by atoms with Crippen LogP contribution in [0.4, 0.5) is 11.4 Å². The lowest BCUT2D eigenvalue weighted by atomic mass is 10.1. The summed E-state index contributed by atoms with van der Waals surface area (Å²) < 4.78 is 10.4. The topological polar surface area (TPSA) is 42.5 Å². The van der Waals surface area contributed by atoms with Crippen LogP contribution in [0.15, 0.2) is 18.2 Å². The van der Waals surface area contributed by atoms with E-state index >= 15 is 0 Å². The van der Waals surface area contributed by atoms with Crippen LogP contribution in [-0.2, 0) is 4.74 Å². The summed E-state index contributed by atoms with van der Waals surface area (Å²) in [7, 11) is 3.44. The molecule has 1 aromatic rings. The lowest BCUT2D eigenvalue weighted by Crippen LogP contribution is -2.33. The normalized spacial score (nSPS) is 17.9. The van der Waals surface area contributed by atoms with Crippen molar-refractivity contribution in [1.29, 1.82) is 0 Å². The molecule has 94 valence electrons. The lowest BCUT2D eigenvalue weighted by Gasteiger charge is -2.29. The van der Waals surface area contributed by atoms with Gasteiger partial charge < -0.3 is 20.1 Å². The van der Waals surface area contributed by atoms with Crippen molar-refractivity contribution in [1.82, 2.24) is 0 Å². The Kier molecular flexibility index (Phi) is 4.09. The zero-order chi connectivity index (χ0) is 12.1. The minimum absolute atomic E-state index is 0.463. The maximum atomic E-state index is 5.32. The van der Waals surface area contributed by atoms with Crippen molar-refractivity contribution in [2.24, 2.45) is 0 Å². The van der Waals surface area contributed by atoms with E-state index in [0.29, 0.717) is 6.04 Å². The number of hydrogen-bond donors (Lipinski definition) is 2. The second-order valence-corrected chi connectivity index (χ2v) is 4.24. The van der Waals surface area contributed by atoms with Crippen LogP contribution < -0.4 is 15.4 Å². The predicted molar refractivity (Wildman–Crippen MR) is 70.0 cm³/mol. The summed E-state index contributed by atoms with van der Waals surface area (Å²) in [6.45, 7) is 1.75. The molecule has 0 saturated carbocycles. The van der Waals surface area contributed by atoms with E-state index in [-0.39, 0.29) is 0 Å². The quantitative estimate of drug-likeness (QED) is 0.770. The third-order valence-electron chi connectivity index (χ3n) is 3.03. The van der Waals surface area contributed by atoms with Crippen LogP contribution in [0.25, 0.3) is 0 Å². The molecule has 1 atom stereocenters. The van der Waals surface area contributed by atoms with E-state index in [2.05, 4.69) is 16.7 Å². The molecule has 4 heteroatoms. The molecule has 1 aromatic carbocycles. The van der Waals surface area contributed by atoms with Crippen LogP contribution in [0.1, 0.15) is 12.8 Å². The van der Waals surface area contributed by atoms with E-state index in [0.717, 1.165) is 43.1 Å². The molecular formula is C13H20N2O2.